The van der Waals surface area contributed by atoms with E-state index >= 15 is 0 Å². The Morgan fingerprint density at radius 1 is 1.18 bits per heavy atom. The van der Waals surface area contributed by atoms with Crippen LogP contribution in [-0.4, -0.2) is 29.3 Å². The summed E-state index contributed by atoms with van der Waals surface area (Å²) in [6.45, 7) is 1.65. The molecule has 1 aliphatic heterocycles. The van der Waals surface area contributed by atoms with Gasteiger partial charge in [-0.2, -0.15) is 0 Å². The number of benzene rings is 1. The second-order valence-corrected chi connectivity index (χ2v) is 4.47. The third-order valence-corrected chi connectivity index (χ3v) is 3.29. The minimum atomic E-state index is -0.683. The van der Waals surface area contributed by atoms with Gasteiger partial charge >= 0.3 is 5.97 Å². The first-order chi connectivity index (χ1) is 8.16. The Kier molecular flexibility index (Phi) is 3.52. The Morgan fingerprint density at radius 3 is 2.53 bits per heavy atom. The predicted octanol–water partition coefficient (Wildman–Crippen LogP) is 2.08. The van der Waals surface area contributed by atoms with Crippen LogP contribution in [0.25, 0.3) is 0 Å². The molecule has 0 bridgehead atoms. The molecule has 4 heteroatoms. The van der Waals surface area contributed by atoms with Gasteiger partial charge in [0.15, 0.2) is 0 Å². The molecule has 1 aromatic carbocycles. The second kappa shape index (κ2) is 5.08. The number of rotatable bonds is 2. The zero-order chi connectivity index (χ0) is 12.3. The van der Waals surface area contributed by atoms with Gasteiger partial charge in [0.1, 0.15) is 5.75 Å². The highest BCUT2D eigenvalue weighted by Gasteiger charge is 2.22. The number of phenolic OH excluding ortho intramolecular Hbond substituents is 1. The average Bonchev–Trinajstić information content (AvgIpc) is 2.55. The summed E-state index contributed by atoms with van der Waals surface area (Å²) in [7, 11) is 0. The molecule has 1 aromatic rings. The normalized spacial score (nSPS) is 20.9. The van der Waals surface area contributed by atoms with E-state index in [4.69, 9.17) is 5.11 Å². The van der Waals surface area contributed by atoms with E-state index in [-0.39, 0.29) is 11.7 Å². The maximum Gasteiger partial charge on any atom is 0.306 e. The first-order valence-corrected chi connectivity index (χ1v) is 5.93. The molecule has 0 saturated carbocycles. The van der Waals surface area contributed by atoms with Gasteiger partial charge in [0.2, 0.25) is 0 Å². The predicted molar refractivity (Wildman–Crippen MR) is 65.3 cm³/mol. The molecule has 92 valence electrons. The maximum absolute atomic E-state index is 10.9. The lowest BCUT2D eigenvalue weighted by atomic mass is 10.0. The van der Waals surface area contributed by atoms with Crippen molar-refractivity contribution in [1.29, 1.82) is 0 Å². The van der Waals surface area contributed by atoms with E-state index in [1.807, 2.05) is 12.1 Å². The topological polar surface area (TPSA) is 60.8 Å². The summed E-state index contributed by atoms with van der Waals surface area (Å²) in [5.74, 6) is -0.637. The third-order valence-electron chi connectivity index (χ3n) is 3.29. The number of carbonyl (C=O) groups is 1. The number of anilines is 1. The lowest BCUT2D eigenvalue weighted by molar-refractivity contribution is -0.142. The molecule has 1 heterocycles. The molecule has 1 saturated heterocycles. The van der Waals surface area contributed by atoms with Crippen molar-refractivity contribution in [2.24, 2.45) is 5.92 Å². The van der Waals surface area contributed by atoms with E-state index in [0.717, 1.165) is 31.6 Å². The van der Waals surface area contributed by atoms with Crippen LogP contribution in [0.3, 0.4) is 0 Å². The zero-order valence-corrected chi connectivity index (χ0v) is 9.67. The van der Waals surface area contributed by atoms with Gasteiger partial charge in [0, 0.05) is 18.8 Å². The van der Waals surface area contributed by atoms with Crippen molar-refractivity contribution < 1.29 is 15.0 Å². The standard InChI is InChI=1S/C13H17NO3/c15-12-5-3-11(4-6-12)14-8-1-2-10(7-9-14)13(16)17/h3-6,10,15H,1-2,7-9H2,(H,16,17). The fraction of sp³-hybridized carbons (Fsp3) is 0.462. The van der Waals surface area contributed by atoms with Crippen LogP contribution in [-0.2, 0) is 4.79 Å². The number of aliphatic carboxylic acids is 1. The molecule has 1 unspecified atom stereocenters. The molecule has 0 aromatic heterocycles. The largest absolute Gasteiger partial charge is 0.508 e. The quantitative estimate of drug-likeness (QED) is 0.824. The van der Waals surface area contributed by atoms with Crippen molar-refractivity contribution in [3.63, 3.8) is 0 Å². The number of hydrogen-bond acceptors (Lipinski definition) is 3. The van der Waals surface area contributed by atoms with Crippen LogP contribution in [0.1, 0.15) is 19.3 Å². The number of carboxylic acids is 1. The van der Waals surface area contributed by atoms with Gasteiger partial charge in [-0.3, -0.25) is 4.79 Å². The molecule has 2 N–H and O–H groups in total. The van der Waals surface area contributed by atoms with E-state index in [0.29, 0.717) is 6.42 Å². The summed E-state index contributed by atoms with van der Waals surface area (Å²) in [6, 6.07) is 7.07. The van der Waals surface area contributed by atoms with E-state index in [1.165, 1.54) is 0 Å². The van der Waals surface area contributed by atoms with Crippen LogP contribution in [0.2, 0.25) is 0 Å². The molecular weight excluding hydrogens is 218 g/mol. The number of hydrogen-bond donors (Lipinski definition) is 2. The van der Waals surface area contributed by atoms with Crippen molar-refractivity contribution in [3.8, 4) is 5.75 Å². The fourth-order valence-corrected chi connectivity index (χ4v) is 2.26. The van der Waals surface area contributed by atoms with Crippen LogP contribution >= 0.6 is 0 Å². The average molecular weight is 235 g/mol. The smallest absolute Gasteiger partial charge is 0.306 e. The van der Waals surface area contributed by atoms with Gasteiger partial charge < -0.3 is 15.1 Å². The summed E-state index contributed by atoms with van der Waals surface area (Å²) in [5.41, 5.74) is 1.05. The van der Waals surface area contributed by atoms with Crippen molar-refractivity contribution in [1.82, 2.24) is 0 Å². The van der Waals surface area contributed by atoms with Crippen molar-refractivity contribution >= 4 is 11.7 Å². The van der Waals surface area contributed by atoms with Crippen LogP contribution in [0, 0.1) is 5.92 Å². The molecule has 1 fully saturated rings. The Hall–Kier alpha value is -1.71. The van der Waals surface area contributed by atoms with Crippen LogP contribution in [0.15, 0.2) is 24.3 Å². The van der Waals surface area contributed by atoms with Crippen LogP contribution in [0.5, 0.6) is 5.75 Å². The van der Waals surface area contributed by atoms with Gasteiger partial charge in [-0.25, -0.2) is 0 Å². The molecule has 0 amide bonds. The first-order valence-electron chi connectivity index (χ1n) is 5.93. The first kappa shape index (κ1) is 11.8. The summed E-state index contributed by atoms with van der Waals surface area (Å²) in [6.07, 6.45) is 2.35. The van der Waals surface area contributed by atoms with E-state index < -0.39 is 5.97 Å². The molecule has 0 radical (unpaired) electrons. The van der Waals surface area contributed by atoms with Crippen molar-refractivity contribution in [2.45, 2.75) is 19.3 Å². The maximum atomic E-state index is 10.9. The third kappa shape index (κ3) is 2.90. The summed E-state index contributed by atoms with van der Waals surface area (Å²) >= 11 is 0. The highest BCUT2D eigenvalue weighted by molar-refractivity contribution is 5.70. The minimum absolute atomic E-state index is 0.211. The second-order valence-electron chi connectivity index (χ2n) is 4.47. The number of carboxylic acid groups (broad SMARTS) is 1. The lowest BCUT2D eigenvalue weighted by Crippen LogP contribution is -2.24. The highest BCUT2D eigenvalue weighted by atomic mass is 16.4. The van der Waals surface area contributed by atoms with E-state index in [9.17, 15) is 9.90 Å². The molecule has 1 aliphatic rings. The SMILES string of the molecule is O=C(O)C1CCCN(c2ccc(O)cc2)CC1. The molecule has 1 atom stereocenters. The van der Waals surface area contributed by atoms with E-state index in [1.54, 1.807) is 12.1 Å². The van der Waals surface area contributed by atoms with Gasteiger partial charge in [-0.05, 0) is 43.5 Å². The molecule has 17 heavy (non-hydrogen) atoms. The van der Waals surface area contributed by atoms with Gasteiger partial charge in [0.05, 0.1) is 5.92 Å². The fourth-order valence-electron chi connectivity index (χ4n) is 2.26. The minimum Gasteiger partial charge on any atom is -0.508 e. The Labute approximate surface area is 100 Å². The monoisotopic (exact) mass is 235 g/mol. The Balaban J connectivity index is 2.03. The van der Waals surface area contributed by atoms with Gasteiger partial charge in [0.25, 0.3) is 0 Å². The van der Waals surface area contributed by atoms with Crippen molar-refractivity contribution in [3.05, 3.63) is 24.3 Å². The van der Waals surface area contributed by atoms with Crippen LogP contribution in [0.4, 0.5) is 5.69 Å². The summed E-state index contributed by atoms with van der Waals surface area (Å²) < 4.78 is 0. The molecule has 0 aliphatic carbocycles. The summed E-state index contributed by atoms with van der Waals surface area (Å²) in [4.78, 5) is 13.1. The zero-order valence-electron chi connectivity index (χ0n) is 9.67. The number of nitrogens with zero attached hydrogens (tertiary/aromatic N) is 1. The molecule has 2 rings (SSSR count). The molecule has 0 spiro atoms. The van der Waals surface area contributed by atoms with E-state index in [2.05, 4.69) is 4.90 Å². The Bertz CT molecular complexity index is 388. The summed E-state index contributed by atoms with van der Waals surface area (Å²) in [5, 5.41) is 18.2. The van der Waals surface area contributed by atoms with Crippen molar-refractivity contribution in [2.75, 3.05) is 18.0 Å². The number of aromatic hydroxyl groups is 1. The van der Waals surface area contributed by atoms with Gasteiger partial charge in [-0.15, -0.1) is 0 Å². The van der Waals surface area contributed by atoms with Crippen LogP contribution < -0.4 is 4.90 Å². The molecule has 4 nitrogen and oxygen atoms in total. The number of phenols is 1. The highest BCUT2D eigenvalue weighted by Crippen LogP contribution is 2.24. The van der Waals surface area contributed by atoms with Gasteiger partial charge in [-0.1, -0.05) is 0 Å². The molecular formula is C13H17NO3. The lowest BCUT2D eigenvalue weighted by Gasteiger charge is -2.22. The Morgan fingerprint density at radius 2 is 1.88 bits per heavy atom.